The minimum atomic E-state index is -0.520. The number of halogens is 1. The zero-order valence-electron chi connectivity index (χ0n) is 27.2. The van der Waals surface area contributed by atoms with Crippen molar-refractivity contribution in [3.8, 4) is 22.6 Å². The number of hydrogen-bond donors (Lipinski definition) is 2. The van der Waals surface area contributed by atoms with E-state index in [9.17, 15) is 9.59 Å². The van der Waals surface area contributed by atoms with Gasteiger partial charge in [0.2, 0.25) is 5.89 Å². The van der Waals surface area contributed by atoms with Gasteiger partial charge in [-0.15, -0.1) is 0 Å². The molecular formula is C33H42ClN7O4. The number of benzene rings is 1. The van der Waals surface area contributed by atoms with Crippen LogP contribution >= 0.6 is 11.6 Å². The molecule has 2 N–H and O–H groups in total. The maximum absolute atomic E-state index is 12.7. The Morgan fingerprint density at radius 1 is 1.04 bits per heavy atom. The van der Waals surface area contributed by atoms with Crippen molar-refractivity contribution in [3.05, 3.63) is 47.4 Å². The number of anilines is 1. The third kappa shape index (κ3) is 7.76. The summed E-state index contributed by atoms with van der Waals surface area (Å²) in [6.45, 7) is 16.8. The molecule has 0 unspecified atom stereocenters. The average molecular weight is 636 g/mol. The summed E-state index contributed by atoms with van der Waals surface area (Å²) in [5, 5.41) is 11.3. The summed E-state index contributed by atoms with van der Waals surface area (Å²) in [6.07, 6.45) is 6.92. The van der Waals surface area contributed by atoms with Crippen molar-refractivity contribution >= 4 is 40.5 Å². The van der Waals surface area contributed by atoms with E-state index in [1.54, 1.807) is 23.2 Å². The van der Waals surface area contributed by atoms with Gasteiger partial charge in [-0.3, -0.25) is 9.48 Å². The number of aromatic nitrogens is 4. The van der Waals surface area contributed by atoms with Gasteiger partial charge in [-0.1, -0.05) is 11.6 Å². The molecule has 12 heteroatoms. The summed E-state index contributed by atoms with van der Waals surface area (Å²) in [4.78, 5) is 36.5. The Hall–Kier alpha value is -4.12. The number of ether oxygens (including phenoxy) is 1. The second-order valence-electron chi connectivity index (χ2n) is 13.8. The van der Waals surface area contributed by atoms with Crippen LogP contribution < -0.4 is 10.6 Å². The third-order valence-corrected chi connectivity index (χ3v) is 7.49. The normalized spacial score (nSPS) is 14.7. The zero-order chi connectivity index (χ0) is 32.7. The highest BCUT2D eigenvalue weighted by Crippen LogP contribution is 2.36. The van der Waals surface area contributed by atoms with E-state index in [0.29, 0.717) is 47.0 Å². The molecule has 1 aliphatic rings. The van der Waals surface area contributed by atoms with Gasteiger partial charge < -0.3 is 24.7 Å². The molecule has 4 heterocycles. The molecule has 5 rings (SSSR count). The molecular weight excluding hydrogens is 594 g/mol. The van der Waals surface area contributed by atoms with E-state index in [1.807, 2.05) is 57.8 Å². The van der Waals surface area contributed by atoms with Crippen LogP contribution in [0.25, 0.3) is 33.7 Å². The van der Waals surface area contributed by atoms with Crippen molar-refractivity contribution in [2.45, 2.75) is 91.5 Å². The number of nitrogens with one attached hydrogen (secondary N) is 2. The maximum Gasteiger partial charge on any atom is 0.410 e. The Balaban J connectivity index is 1.42. The van der Waals surface area contributed by atoms with Crippen LogP contribution in [0.4, 0.5) is 10.6 Å². The van der Waals surface area contributed by atoms with Gasteiger partial charge in [0.05, 0.1) is 28.4 Å². The fraction of sp³-hybridized carbons (Fsp3) is 0.485. The largest absolute Gasteiger partial charge is 0.444 e. The van der Waals surface area contributed by atoms with Gasteiger partial charge in [0.15, 0.2) is 5.58 Å². The number of carbonyl (C=O) groups is 2. The predicted octanol–water partition coefficient (Wildman–Crippen LogP) is 7.33. The fourth-order valence-corrected chi connectivity index (χ4v) is 5.38. The lowest BCUT2D eigenvalue weighted by molar-refractivity contribution is 0.0184. The minimum Gasteiger partial charge on any atom is -0.444 e. The number of likely N-dealkylation sites (tertiary alicyclic amines) is 1. The molecule has 1 aliphatic heterocycles. The Kier molecular flexibility index (Phi) is 8.86. The molecule has 3 aromatic heterocycles. The highest BCUT2D eigenvalue weighted by atomic mass is 35.5. The molecule has 1 fully saturated rings. The van der Waals surface area contributed by atoms with Crippen LogP contribution in [0.15, 0.2) is 41.2 Å². The molecule has 0 bridgehead atoms. The smallest absolute Gasteiger partial charge is 0.410 e. The van der Waals surface area contributed by atoms with Crippen LogP contribution in [-0.4, -0.2) is 66.9 Å². The van der Waals surface area contributed by atoms with Crippen molar-refractivity contribution in [1.29, 1.82) is 0 Å². The SMILES string of the molecule is CC(C)NC(=O)c1cc2nc(-c3cc(-c4cnn(C5CCN(C(=O)OC(C)(C)C)CC5)c4)cnc3NC(C)(C)C)oc2cc1Cl. The molecule has 240 valence electrons. The number of oxazole rings is 1. The Labute approximate surface area is 268 Å². The highest BCUT2D eigenvalue weighted by molar-refractivity contribution is 6.34. The number of hydrogen-bond acceptors (Lipinski definition) is 8. The standard InChI is InChI=1S/C33H42ClN7O4/c1-19(2)37-29(42)23-14-26-27(15-25(23)34)44-30(38-26)24-13-20(16-35-28(24)39-32(3,4)5)21-17-36-41(18-21)22-9-11-40(12-10-22)31(43)45-33(6,7)8/h13-19,22H,9-12H2,1-8H3,(H,35,39)(H,37,42). The van der Waals surface area contributed by atoms with Crippen molar-refractivity contribution in [3.63, 3.8) is 0 Å². The maximum atomic E-state index is 12.7. The molecule has 1 saturated heterocycles. The van der Waals surface area contributed by atoms with E-state index < -0.39 is 5.60 Å². The molecule has 0 aliphatic carbocycles. The molecule has 4 aromatic rings. The Morgan fingerprint density at radius 2 is 1.76 bits per heavy atom. The number of rotatable bonds is 6. The second-order valence-corrected chi connectivity index (χ2v) is 14.3. The first-order chi connectivity index (χ1) is 21.1. The lowest BCUT2D eigenvalue weighted by Gasteiger charge is -2.33. The Morgan fingerprint density at radius 3 is 2.40 bits per heavy atom. The van der Waals surface area contributed by atoms with Gasteiger partial charge in [-0.05, 0) is 80.4 Å². The first-order valence-corrected chi connectivity index (χ1v) is 15.7. The average Bonchev–Trinajstić information content (AvgIpc) is 3.58. The van der Waals surface area contributed by atoms with E-state index in [1.165, 1.54) is 0 Å². The van der Waals surface area contributed by atoms with E-state index >= 15 is 0 Å². The van der Waals surface area contributed by atoms with Gasteiger partial charge in [0, 0.05) is 54.3 Å². The minimum absolute atomic E-state index is 0.0358. The fourth-order valence-electron chi connectivity index (χ4n) is 5.14. The lowest BCUT2D eigenvalue weighted by atomic mass is 10.0. The summed E-state index contributed by atoms with van der Waals surface area (Å²) in [7, 11) is 0. The predicted molar refractivity (Wildman–Crippen MR) is 176 cm³/mol. The van der Waals surface area contributed by atoms with E-state index in [2.05, 4.69) is 36.5 Å². The van der Waals surface area contributed by atoms with Crippen molar-refractivity contribution in [2.75, 3.05) is 18.4 Å². The molecule has 45 heavy (non-hydrogen) atoms. The van der Waals surface area contributed by atoms with E-state index in [0.717, 1.165) is 24.0 Å². The van der Waals surface area contributed by atoms with E-state index in [4.69, 9.17) is 30.7 Å². The zero-order valence-corrected chi connectivity index (χ0v) is 28.0. The van der Waals surface area contributed by atoms with Gasteiger partial charge in [0.1, 0.15) is 16.9 Å². The molecule has 2 amide bonds. The van der Waals surface area contributed by atoms with Crippen LogP contribution in [0.2, 0.25) is 5.02 Å². The topological polar surface area (TPSA) is 127 Å². The van der Waals surface area contributed by atoms with E-state index in [-0.39, 0.29) is 34.6 Å². The van der Waals surface area contributed by atoms with Crippen LogP contribution in [0.5, 0.6) is 0 Å². The van der Waals surface area contributed by atoms with Crippen LogP contribution in [0.3, 0.4) is 0 Å². The molecule has 1 aromatic carbocycles. The van der Waals surface area contributed by atoms with Gasteiger partial charge in [-0.2, -0.15) is 5.10 Å². The second kappa shape index (κ2) is 12.3. The summed E-state index contributed by atoms with van der Waals surface area (Å²) in [5.41, 5.74) is 2.93. The number of carbonyl (C=O) groups excluding carboxylic acids is 2. The molecule has 0 saturated carbocycles. The van der Waals surface area contributed by atoms with Crippen LogP contribution in [0, 0.1) is 0 Å². The molecule has 11 nitrogen and oxygen atoms in total. The molecule has 0 atom stereocenters. The summed E-state index contributed by atoms with van der Waals surface area (Å²) in [5.74, 6) is 0.696. The third-order valence-electron chi connectivity index (χ3n) is 7.18. The van der Waals surface area contributed by atoms with Crippen molar-refractivity contribution < 1.29 is 18.7 Å². The number of pyridine rings is 1. The summed E-state index contributed by atoms with van der Waals surface area (Å²) < 4.78 is 13.7. The first-order valence-electron chi connectivity index (χ1n) is 15.3. The Bertz CT molecular complexity index is 1710. The molecule has 0 spiro atoms. The summed E-state index contributed by atoms with van der Waals surface area (Å²) >= 11 is 6.47. The van der Waals surface area contributed by atoms with Gasteiger partial charge in [0.25, 0.3) is 5.91 Å². The highest BCUT2D eigenvalue weighted by Gasteiger charge is 2.28. The van der Waals surface area contributed by atoms with Gasteiger partial charge in [-0.25, -0.2) is 14.8 Å². The first kappa shape index (κ1) is 32.3. The number of fused-ring (bicyclic) bond motifs is 1. The van der Waals surface area contributed by atoms with Crippen LogP contribution in [0.1, 0.15) is 84.6 Å². The van der Waals surface area contributed by atoms with Gasteiger partial charge >= 0.3 is 6.09 Å². The van der Waals surface area contributed by atoms with Crippen LogP contribution in [-0.2, 0) is 4.74 Å². The number of piperidine rings is 1. The quantitative estimate of drug-likeness (QED) is 0.225. The van der Waals surface area contributed by atoms with Crippen molar-refractivity contribution in [2.24, 2.45) is 0 Å². The number of amides is 2. The molecule has 0 radical (unpaired) electrons. The van der Waals surface area contributed by atoms with Crippen molar-refractivity contribution in [1.82, 2.24) is 30.0 Å². The number of nitrogens with zero attached hydrogens (tertiary/aromatic N) is 5. The monoisotopic (exact) mass is 635 g/mol. The summed E-state index contributed by atoms with van der Waals surface area (Å²) in [6, 6.07) is 5.37. The lowest BCUT2D eigenvalue weighted by Crippen LogP contribution is -2.42.